The van der Waals surface area contributed by atoms with E-state index in [2.05, 4.69) is 19.0 Å². The lowest BCUT2D eigenvalue weighted by atomic mass is 9.76. The molecule has 0 saturated carbocycles. The Morgan fingerprint density at radius 2 is 1.83 bits per heavy atom. The van der Waals surface area contributed by atoms with Crippen molar-refractivity contribution in [1.82, 2.24) is 0 Å². The summed E-state index contributed by atoms with van der Waals surface area (Å²) in [5.41, 5.74) is 0.755. The van der Waals surface area contributed by atoms with E-state index in [1.54, 1.807) is 0 Å². The van der Waals surface area contributed by atoms with Crippen LogP contribution in [0.5, 0.6) is 0 Å². The summed E-state index contributed by atoms with van der Waals surface area (Å²) in [7, 11) is 0. The fourth-order valence-corrected chi connectivity index (χ4v) is 2.10. The maximum Gasteiger partial charge on any atom is 0.188 e. The molecular formula is C14H19NO3. The molecule has 4 heteroatoms. The van der Waals surface area contributed by atoms with Gasteiger partial charge in [-0.3, -0.25) is 0 Å². The van der Waals surface area contributed by atoms with Crippen molar-refractivity contribution in [3.63, 3.8) is 0 Å². The average Bonchev–Trinajstić information content (AvgIpc) is 2.85. The maximum absolute atomic E-state index is 9.31. The summed E-state index contributed by atoms with van der Waals surface area (Å²) in [6.07, 6.45) is 0.446. The highest BCUT2D eigenvalue weighted by Crippen LogP contribution is 2.34. The number of nitrogens with zero attached hydrogens (tertiary/aromatic N) is 1. The number of hydrogen-bond donors (Lipinski definition) is 2. The first kappa shape index (κ1) is 13.1. The largest absolute Gasteiger partial charge is 0.392 e. The predicted octanol–water partition coefficient (Wildman–Crippen LogP) is 1.46. The Kier molecular flexibility index (Phi) is 3.41. The second-order valence-electron chi connectivity index (χ2n) is 5.30. The Labute approximate surface area is 107 Å². The summed E-state index contributed by atoms with van der Waals surface area (Å²) < 4.78 is 0. The first-order valence-corrected chi connectivity index (χ1v) is 6.07. The van der Waals surface area contributed by atoms with Gasteiger partial charge in [0.15, 0.2) is 5.60 Å². The number of rotatable bonds is 4. The van der Waals surface area contributed by atoms with Gasteiger partial charge in [-0.25, -0.2) is 0 Å². The van der Waals surface area contributed by atoms with Gasteiger partial charge in [-0.2, -0.15) is 0 Å². The summed E-state index contributed by atoms with van der Waals surface area (Å²) in [6, 6.07) is 10.0. The lowest BCUT2D eigenvalue weighted by molar-refractivity contribution is -0.0878. The fraction of sp³-hybridized carbons (Fsp3) is 0.500. The van der Waals surface area contributed by atoms with Crippen LogP contribution < -0.4 is 0 Å². The predicted molar refractivity (Wildman–Crippen MR) is 69.5 cm³/mol. The van der Waals surface area contributed by atoms with Gasteiger partial charge in [0.25, 0.3) is 0 Å². The number of aliphatic hydroxyl groups is 2. The molecular weight excluding hydrogens is 230 g/mol. The Morgan fingerprint density at radius 3 is 2.33 bits per heavy atom. The molecule has 2 N–H and O–H groups in total. The zero-order chi connectivity index (χ0) is 13.2. The van der Waals surface area contributed by atoms with Crippen LogP contribution >= 0.6 is 0 Å². The van der Waals surface area contributed by atoms with Gasteiger partial charge < -0.3 is 15.1 Å². The van der Waals surface area contributed by atoms with Crippen LogP contribution in [0.2, 0.25) is 0 Å². The molecule has 0 atom stereocenters. The standard InChI is InChI=1S/C14H19NO3/c1-13(2,11-6-4-3-5-7-11)12-8-14(9-16,10-17)18-15-12/h3-7,16-17H,8-10H2,1-2H3. The number of benzene rings is 1. The summed E-state index contributed by atoms with van der Waals surface area (Å²) in [6.45, 7) is 3.66. The summed E-state index contributed by atoms with van der Waals surface area (Å²) >= 11 is 0. The quantitative estimate of drug-likeness (QED) is 0.849. The third-order valence-electron chi connectivity index (χ3n) is 3.63. The lowest BCUT2D eigenvalue weighted by Crippen LogP contribution is -2.40. The molecule has 1 aromatic carbocycles. The molecule has 4 nitrogen and oxygen atoms in total. The molecule has 1 heterocycles. The highest BCUT2D eigenvalue weighted by molar-refractivity contribution is 5.95. The van der Waals surface area contributed by atoms with E-state index in [0.717, 1.165) is 11.3 Å². The normalized spacial score (nSPS) is 18.3. The highest BCUT2D eigenvalue weighted by atomic mass is 16.7. The van der Waals surface area contributed by atoms with Crippen molar-refractivity contribution in [3.05, 3.63) is 35.9 Å². The van der Waals surface area contributed by atoms with Gasteiger partial charge in [0, 0.05) is 11.8 Å². The number of hydrogen-bond acceptors (Lipinski definition) is 4. The molecule has 0 unspecified atom stereocenters. The molecule has 1 aliphatic heterocycles. The van der Waals surface area contributed by atoms with E-state index < -0.39 is 5.60 Å². The van der Waals surface area contributed by atoms with E-state index in [1.165, 1.54) is 0 Å². The minimum absolute atomic E-state index is 0.235. The average molecular weight is 249 g/mol. The molecule has 0 saturated heterocycles. The van der Waals surface area contributed by atoms with Gasteiger partial charge in [-0.15, -0.1) is 0 Å². The van der Waals surface area contributed by atoms with Crippen molar-refractivity contribution >= 4 is 5.71 Å². The van der Waals surface area contributed by atoms with E-state index >= 15 is 0 Å². The molecule has 0 bridgehead atoms. The minimum atomic E-state index is -0.957. The van der Waals surface area contributed by atoms with E-state index in [4.69, 9.17) is 4.84 Å². The summed E-state index contributed by atoms with van der Waals surface area (Å²) in [5.74, 6) is 0. The van der Waals surface area contributed by atoms with Gasteiger partial charge in [-0.1, -0.05) is 49.3 Å². The van der Waals surface area contributed by atoms with Gasteiger partial charge in [-0.05, 0) is 5.56 Å². The van der Waals surface area contributed by atoms with Crippen LogP contribution in [-0.2, 0) is 10.3 Å². The molecule has 1 aromatic rings. The lowest BCUT2D eigenvalue weighted by Gasteiger charge is -2.26. The van der Waals surface area contributed by atoms with Gasteiger partial charge in [0.1, 0.15) is 0 Å². The second kappa shape index (κ2) is 4.71. The molecule has 0 aromatic heterocycles. The first-order chi connectivity index (χ1) is 8.54. The van der Waals surface area contributed by atoms with Crippen LogP contribution in [0.1, 0.15) is 25.8 Å². The number of oxime groups is 1. The smallest absolute Gasteiger partial charge is 0.188 e. The third-order valence-corrected chi connectivity index (χ3v) is 3.63. The SMILES string of the molecule is CC(C)(C1=NOC(CO)(CO)C1)c1ccccc1. The van der Waals surface area contributed by atoms with Crippen molar-refractivity contribution in [3.8, 4) is 0 Å². The molecule has 98 valence electrons. The molecule has 0 fully saturated rings. The van der Waals surface area contributed by atoms with Gasteiger partial charge in [0.2, 0.25) is 0 Å². The summed E-state index contributed by atoms with van der Waals surface area (Å²) in [4.78, 5) is 5.25. The molecule has 0 radical (unpaired) electrons. The van der Waals surface area contributed by atoms with Crippen LogP contribution in [0.4, 0.5) is 0 Å². The topological polar surface area (TPSA) is 62.0 Å². The number of aliphatic hydroxyl groups excluding tert-OH is 2. The Bertz CT molecular complexity index is 436. The zero-order valence-electron chi connectivity index (χ0n) is 10.8. The molecule has 18 heavy (non-hydrogen) atoms. The van der Waals surface area contributed by atoms with E-state index in [1.807, 2.05) is 30.3 Å². The fourth-order valence-electron chi connectivity index (χ4n) is 2.10. The van der Waals surface area contributed by atoms with Crippen molar-refractivity contribution in [2.45, 2.75) is 31.3 Å². The Morgan fingerprint density at radius 1 is 1.22 bits per heavy atom. The van der Waals surface area contributed by atoms with E-state index in [9.17, 15) is 10.2 Å². The zero-order valence-corrected chi connectivity index (χ0v) is 10.8. The van der Waals surface area contributed by atoms with Crippen LogP contribution in [0.15, 0.2) is 35.5 Å². The van der Waals surface area contributed by atoms with Crippen molar-refractivity contribution < 1.29 is 15.1 Å². The Balaban J connectivity index is 2.23. The van der Waals surface area contributed by atoms with Crippen LogP contribution in [0, 0.1) is 0 Å². The Hall–Kier alpha value is -1.39. The van der Waals surface area contributed by atoms with Crippen LogP contribution in [0.3, 0.4) is 0 Å². The molecule has 1 aliphatic rings. The monoisotopic (exact) mass is 249 g/mol. The van der Waals surface area contributed by atoms with Crippen molar-refractivity contribution in [2.75, 3.05) is 13.2 Å². The molecule has 2 rings (SSSR count). The maximum atomic E-state index is 9.31. The van der Waals surface area contributed by atoms with Gasteiger partial charge in [0.05, 0.1) is 18.9 Å². The van der Waals surface area contributed by atoms with Crippen LogP contribution in [0.25, 0.3) is 0 Å². The summed E-state index contributed by atoms with van der Waals surface area (Å²) in [5, 5.41) is 22.7. The highest BCUT2D eigenvalue weighted by Gasteiger charge is 2.43. The van der Waals surface area contributed by atoms with Crippen molar-refractivity contribution in [1.29, 1.82) is 0 Å². The minimum Gasteiger partial charge on any atom is -0.392 e. The van der Waals surface area contributed by atoms with E-state index in [0.29, 0.717) is 6.42 Å². The molecule has 0 aliphatic carbocycles. The van der Waals surface area contributed by atoms with E-state index in [-0.39, 0.29) is 18.6 Å². The van der Waals surface area contributed by atoms with Crippen LogP contribution in [-0.4, -0.2) is 34.7 Å². The molecule has 0 amide bonds. The second-order valence-corrected chi connectivity index (χ2v) is 5.30. The third kappa shape index (κ3) is 2.13. The first-order valence-electron chi connectivity index (χ1n) is 6.07. The van der Waals surface area contributed by atoms with Crippen molar-refractivity contribution in [2.24, 2.45) is 5.16 Å². The molecule has 0 spiro atoms. The van der Waals surface area contributed by atoms with Gasteiger partial charge >= 0.3 is 0 Å².